The fraction of sp³-hybridized carbons (Fsp3) is 0.455. The zero-order chi connectivity index (χ0) is 10.2. The van der Waals surface area contributed by atoms with Gasteiger partial charge in [-0.05, 0) is 30.2 Å². The molecular formula is C11H14FNO. The predicted octanol–water partition coefficient (Wildman–Crippen LogP) is 1.76. The number of benzene rings is 1. The molecule has 2 nitrogen and oxygen atoms in total. The van der Waals surface area contributed by atoms with Crippen molar-refractivity contribution in [3.8, 4) is 5.75 Å². The Kier molecular flexibility index (Phi) is 2.19. The standard InChI is InChI=1S/C11H14FNO/c1-11(12,7-13)9-2-3-10-8(6-9)4-5-14-10/h2-3,6H,4-5,7,13H2,1H3. The highest BCUT2D eigenvalue weighted by Crippen LogP contribution is 2.31. The van der Waals surface area contributed by atoms with Crippen molar-refractivity contribution in [2.75, 3.05) is 13.2 Å². The lowest BCUT2D eigenvalue weighted by Gasteiger charge is -2.18. The number of hydrogen-bond donors (Lipinski definition) is 1. The van der Waals surface area contributed by atoms with Gasteiger partial charge in [-0.1, -0.05) is 6.07 Å². The number of fused-ring (bicyclic) bond motifs is 1. The summed E-state index contributed by atoms with van der Waals surface area (Å²) >= 11 is 0. The summed E-state index contributed by atoms with van der Waals surface area (Å²) in [4.78, 5) is 0. The van der Waals surface area contributed by atoms with Gasteiger partial charge in [-0.2, -0.15) is 0 Å². The van der Waals surface area contributed by atoms with Crippen molar-refractivity contribution in [1.29, 1.82) is 0 Å². The van der Waals surface area contributed by atoms with Crippen LogP contribution in [-0.4, -0.2) is 13.2 Å². The van der Waals surface area contributed by atoms with Crippen LogP contribution in [0.2, 0.25) is 0 Å². The average molecular weight is 195 g/mol. The first-order valence-electron chi connectivity index (χ1n) is 4.79. The minimum Gasteiger partial charge on any atom is -0.493 e. The van der Waals surface area contributed by atoms with Gasteiger partial charge in [0.15, 0.2) is 0 Å². The summed E-state index contributed by atoms with van der Waals surface area (Å²) in [6.45, 7) is 2.21. The van der Waals surface area contributed by atoms with E-state index < -0.39 is 5.67 Å². The van der Waals surface area contributed by atoms with Crippen LogP contribution < -0.4 is 10.5 Å². The normalized spacial score (nSPS) is 18.5. The maximum Gasteiger partial charge on any atom is 0.145 e. The zero-order valence-electron chi connectivity index (χ0n) is 8.22. The van der Waals surface area contributed by atoms with Gasteiger partial charge in [0.05, 0.1) is 6.61 Å². The van der Waals surface area contributed by atoms with Gasteiger partial charge in [0.25, 0.3) is 0 Å². The molecule has 76 valence electrons. The summed E-state index contributed by atoms with van der Waals surface area (Å²) in [6.07, 6.45) is 0.865. The van der Waals surface area contributed by atoms with Gasteiger partial charge in [-0.15, -0.1) is 0 Å². The summed E-state index contributed by atoms with van der Waals surface area (Å²) in [5.74, 6) is 0.876. The zero-order valence-corrected chi connectivity index (χ0v) is 8.22. The van der Waals surface area contributed by atoms with Gasteiger partial charge in [-0.25, -0.2) is 4.39 Å². The van der Waals surface area contributed by atoms with Crippen molar-refractivity contribution in [3.05, 3.63) is 29.3 Å². The van der Waals surface area contributed by atoms with Crippen LogP contribution in [0, 0.1) is 0 Å². The molecule has 1 heterocycles. The van der Waals surface area contributed by atoms with E-state index in [9.17, 15) is 4.39 Å². The molecule has 0 amide bonds. The molecule has 1 aliphatic heterocycles. The number of alkyl halides is 1. The second kappa shape index (κ2) is 3.24. The van der Waals surface area contributed by atoms with Crippen LogP contribution in [0.25, 0.3) is 0 Å². The second-order valence-electron chi connectivity index (χ2n) is 3.82. The molecule has 0 saturated heterocycles. The highest BCUT2D eigenvalue weighted by Gasteiger charge is 2.25. The molecule has 0 saturated carbocycles. The van der Waals surface area contributed by atoms with Gasteiger partial charge in [-0.3, -0.25) is 0 Å². The third-order valence-corrected chi connectivity index (χ3v) is 2.67. The Hall–Kier alpha value is -1.09. The van der Waals surface area contributed by atoms with Gasteiger partial charge in [0.2, 0.25) is 0 Å². The van der Waals surface area contributed by atoms with E-state index in [0.717, 1.165) is 17.7 Å². The van der Waals surface area contributed by atoms with E-state index >= 15 is 0 Å². The van der Waals surface area contributed by atoms with Crippen LogP contribution in [0.15, 0.2) is 18.2 Å². The van der Waals surface area contributed by atoms with E-state index in [4.69, 9.17) is 10.5 Å². The minimum absolute atomic E-state index is 0.00659. The lowest BCUT2D eigenvalue weighted by atomic mass is 9.95. The molecule has 2 rings (SSSR count). The van der Waals surface area contributed by atoms with E-state index in [1.807, 2.05) is 12.1 Å². The summed E-state index contributed by atoms with van der Waals surface area (Å²) in [5.41, 5.74) is 5.67. The Morgan fingerprint density at radius 1 is 1.57 bits per heavy atom. The van der Waals surface area contributed by atoms with E-state index in [1.165, 1.54) is 6.92 Å². The first-order valence-corrected chi connectivity index (χ1v) is 4.79. The van der Waals surface area contributed by atoms with Crippen molar-refractivity contribution in [2.24, 2.45) is 5.73 Å². The molecule has 0 aromatic heterocycles. The monoisotopic (exact) mass is 195 g/mol. The van der Waals surface area contributed by atoms with Crippen LogP contribution in [0.5, 0.6) is 5.75 Å². The van der Waals surface area contributed by atoms with Gasteiger partial charge >= 0.3 is 0 Å². The fourth-order valence-electron chi connectivity index (χ4n) is 1.63. The quantitative estimate of drug-likeness (QED) is 0.780. The molecular weight excluding hydrogens is 181 g/mol. The van der Waals surface area contributed by atoms with Crippen LogP contribution >= 0.6 is 0 Å². The number of halogens is 1. The lowest BCUT2D eigenvalue weighted by molar-refractivity contribution is 0.203. The van der Waals surface area contributed by atoms with Crippen molar-refractivity contribution in [3.63, 3.8) is 0 Å². The van der Waals surface area contributed by atoms with Crippen molar-refractivity contribution in [2.45, 2.75) is 19.0 Å². The van der Waals surface area contributed by atoms with Crippen LogP contribution in [-0.2, 0) is 12.1 Å². The maximum atomic E-state index is 13.9. The van der Waals surface area contributed by atoms with Crippen molar-refractivity contribution < 1.29 is 9.13 Å². The van der Waals surface area contributed by atoms with E-state index in [2.05, 4.69) is 0 Å². The van der Waals surface area contributed by atoms with Crippen LogP contribution in [0.3, 0.4) is 0 Å². The largest absolute Gasteiger partial charge is 0.493 e. The summed E-state index contributed by atoms with van der Waals surface area (Å²) in [5, 5.41) is 0. The molecule has 1 unspecified atom stereocenters. The highest BCUT2D eigenvalue weighted by atomic mass is 19.1. The Bertz CT molecular complexity index is 349. The molecule has 14 heavy (non-hydrogen) atoms. The lowest BCUT2D eigenvalue weighted by Crippen LogP contribution is -2.26. The van der Waals surface area contributed by atoms with Gasteiger partial charge in [0.1, 0.15) is 11.4 Å². The molecule has 1 aromatic carbocycles. The molecule has 0 bridgehead atoms. The molecule has 0 aliphatic carbocycles. The van der Waals surface area contributed by atoms with E-state index in [-0.39, 0.29) is 6.54 Å². The number of hydrogen-bond acceptors (Lipinski definition) is 2. The van der Waals surface area contributed by atoms with Gasteiger partial charge in [0, 0.05) is 13.0 Å². The Labute approximate surface area is 82.9 Å². The molecule has 1 atom stereocenters. The van der Waals surface area contributed by atoms with E-state index in [0.29, 0.717) is 12.2 Å². The maximum absolute atomic E-state index is 13.9. The fourth-order valence-corrected chi connectivity index (χ4v) is 1.63. The molecule has 0 fully saturated rings. The molecule has 1 aliphatic rings. The summed E-state index contributed by atoms with van der Waals surface area (Å²) in [6, 6.07) is 5.43. The second-order valence-corrected chi connectivity index (χ2v) is 3.82. The highest BCUT2D eigenvalue weighted by molar-refractivity contribution is 5.41. The minimum atomic E-state index is -1.43. The average Bonchev–Trinajstić information content (AvgIpc) is 2.64. The SMILES string of the molecule is CC(F)(CN)c1ccc2c(c1)CCO2. The van der Waals surface area contributed by atoms with Crippen molar-refractivity contribution >= 4 is 0 Å². The summed E-state index contributed by atoms with van der Waals surface area (Å²) < 4.78 is 19.2. The van der Waals surface area contributed by atoms with Crippen LogP contribution in [0.1, 0.15) is 18.1 Å². The van der Waals surface area contributed by atoms with Crippen LogP contribution in [0.4, 0.5) is 4.39 Å². The van der Waals surface area contributed by atoms with E-state index in [1.54, 1.807) is 6.07 Å². The van der Waals surface area contributed by atoms with Crippen molar-refractivity contribution in [1.82, 2.24) is 0 Å². The summed E-state index contributed by atoms with van der Waals surface area (Å²) in [7, 11) is 0. The molecule has 2 N–H and O–H groups in total. The molecule has 0 spiro atoms. The Morgan fingerprint density at radius 2 is 2.36 bits per heavy atom. The Balaban J connectivity index is 2.38. The first kappa shape index (κ1) is 9.46. The number of ether oxygens (including phenoxy) is 1. The first-order chi connectivity index (χ1) is 6.63. The third kappa shape index (κ3) is 1.48. The topological polar surface area (TPSA) is 35.2 Å². The third-order valence-electron chi connectivity index (χ3n) is 2.67. The molecule has 0 radical (unpaired) electrons. The smallest absolute Gasteiger partial charge is 0.145 e. The van der Waals surface area contributed by atoms with Gasteiger partial charge < -0.3 is 10.5 Å². The molecule has 3 heteroatoms. The predicted molar refractivity (Wildman–Crippen MR) is 53.2 cm³/mol. The Morgan fingerprint density at radius 3 is 3.07 bits per heavy atom. The molecule has 1 aromatic rings. The number of nitrogens with two attached hydrogens (primary N) is 1. The number of rotatable bonds is 2.